The first-order valence-corrected chi connectivity index (χ1v) is 10.1. The molecule has 8 nitrogen and oxygen atoms in total. The van der Waals surface area contributed by atoms with Gasteiger partial charge in [0.15, 0.2) is 11.9 Å². The standard InChI is InChI=1S/C23H27N5O3/c1-4-7-28-8-9-31-20-6-5-16(11-19(20)28)10-17-12-18(27-22(17)30)13-21(29)23(2,3)26-15-25-14-24/h4-6,10-11,13-15H,1,7-9,12H2,2-3H3,(H,27,30)(H2,24,25,26)/p+1/b17-10+,18-13-. The van der Waals surface area contributed by atoms with Crippen LogP contribution in [0.2, 0.25) is 0 Å². The number of allylic oxidation sites excluding steroid dienone is 1. The third-order valence-corrected chi connectivity index (χ3v) is 5.17. The zero-order chi connectivity index (χ0) is 22.4. The number of benzene rings is 1. The molecule has 0 radical (unpaired) electrons. The molecule has 2 aliphatic rings. The summed E-state index contributed by atoms with van der Waals surface area (Å²) in [5.74, 6) is 0.469. The summed E-state index contributed by atoms with van der Waals surface area (Å²) < 4.78 is 5.73. The van der Waals surface area contributed by atoms with Crippen molar-refractivity contribution in [2.24, 2.45) is 4.99 Å². The van der Waals surface area contributed by atoms with E-state index in [2.05, 4.69) is 21.8 Å². The van der Waals surface area contributed by atoms with Crippen LogP contribution in [0.5, 0.6) is 5.75 Å². The zero-order valence-corrected chi connectivity index (χ0v) is 17.9. The van der Waals surface area contributed by atoms with Crippen LogP contribution in [-0.2, 0) is 9.59 Å². The van der Waals surface area contributed by atoms with Crippen molar-refractivity contribution in [2.45, 2.75) is 25.8 Å². The number of quaternary nitrogens is 1. The van der Waals surface area contributed by atoms with Gasteiger partial charge in [-0.05, 0) is 37.6 Å². The van der Waals surface area contributed by atoms with E-state index in [4.69, 9.17) is 10.1 Å². The predicted molar refractivity (Wildman–Crippen MR) is 121 cm³/mol. The lowest BCUT2D eigenvalue weighted by atomic mass is 9.98. The van der Waals surface area contributed by atoms with E-state index < -0.39 is 5.54 Å². The van der Waals surface area contributed by atoms with Crippen molar-refractivity contribution in [1.29, 1.82) is 5.41 Å². The maximum Gasteiger partial charge on any atom is 0.251 e. The topological polar surface area (TPSA) is 111 Å². The Balaban J connectivity index is 1.77. The SMILES string of the molecule is C=CCN1CCOc2ccc(/C=C3\C/C(=C/C(=O)C(C)(C)[NH2+]C=NC=N)NC3=O)cc21. The van der Waals surface area contributed by atoms with Crippen LogP contribution in [0.25, 0.3) is 6.08 Å². The average Bonchev–Trinajstić information content (AvgIpc) is 3.07. The van der Waals surface area contributed by atoms with Crippen molar-refractivity contribution < 1.29 is 19.6 Å². The second-order valence-electron chi connectivity index (χ2n) is 7.96. The fourth-order valence-corrected chi connectivity index (χ4v) is 3.38. The Morgan fingerprint density at radius 2 is 2.26 bits per heavy atom. The number of anilines is 1. The molecule has 1 aromatic rings. The number of nitrogens with zero attached hydrogens (tertiary/aromatic N) is 2. The molecule has 1 amide bonds. The Labute approximate surface area is 181 Å². The molecule has 4 N–H and O–H groups in total. The minimum Gasteiger partial charge on any atom is -0.490 e. The lowest BCUT2D eigenvalue weighted by Gasteiger charge is -2.30. The fraction of sp³-hybridized carbons (Fsp3) is 0.304. The molecule has 2 aliphatic heterocycles. The number of fused-ring (bicyclic) bond motifs is 1. The lowest BCUT2D eigenvalue weighted by Crippen LogP contribution is -2.96. The number of aliphatic imine (C=N–C) groups is 1. The molecule has 1 aromatic carbocycles. The minimum absolute atomic E-state index is 0.147. The Kier molecular flexibility index (Phi) is 6.81. The number of hydrogen-bond acceptors (Lipinski definition) is 5. The van der Waals surface area contributed by atoms with Gasteiger partial charge in [-0.25, -0.2) is 0 Å². The Morgan fingerprint density at radius 3 is 3.00 bits per heavy atom. The minimum atomic E-state index is -0.788. The number of rotatable bonds is 8. The van der Waals surface area contributed by atoms with Gasteiger partial charge in [-0.3, -0.25) is 20.3 Å². The fourth-order valence-electron chi connectivity index (χ4n) is 3.38. The van der Waals surface area contributed by atoms with E-state index in [0.29, 0.717) is 24.3 Å². The number of amides is 1. The summed E-state index contributed by atoms with van der Waals surface area (Å²) in [6.45, 7) is 9.48. The van der Waals surface area contributed by atoms with E-state index >= 15 is 0 Å². The summed E-state index contributed by atoms with van der Waals surface area (Å²) in [6, 6.07) is 5.84. The Hall–Kier alpha value is -3.52. The molecule has 162 valence electrons. The Bertz CT molecular complexity index is 991. The van der Waals surface area contributed by atoms with Gasteiger partial charge >= 0.3 is 0 Å². The van der Waals surface area contributed by atoms with Crippen LogP contribution in [0.3, 0.4) is 0 Å². The number of ketones is 1. The van der Waals surface area contributed by atoms with Gasteiger partial charge < -0.3 is 15.0 Å². The van der Waals surface area contributed by atoms with Gasteiger partial charge in [0.2, 0.25) is 5.78 Å². The van der Waals surface area contributed by atoms with Gasteiger partial charge in [-0.1, -0.05) is 12.1 Å². The van der Waals surface area contributed by atoms with Crippen LogP contribution in [0.4, 0.5) is 5.69 Å². The van der Waals surface area contributed by atoms with Crippen molar-refractivity contribution in [3.63, 3.8) is 0 Å². The third-order valence-electron chi connectivity index (χ3n) is 5.17. The van der Waals surface area contributed by atoms with E-state index in [-0.39, 0.29) is 11.7 Å². The van der Waals surface area contributed by atoms with Crippen molar-refractivity contribution >= 4 is 36.1 Å². The monoisotopic (exact) mass is 422 g/mol. The van der Waals surface area contributed by atoms with Crippen LogP contribution < -0.4 is 20.3 Å². The smallest absolute Gasteiger partial charge is 0.251 e. The molecule has 0 atom stereocenters. The van der Waals surface area contributed by atoms with Crippen molar-refractivity contribution in [3.05, 3.63) is 53.8 Å². The summed E-state index contributed by atoms with van der Waals surface area (Å²) in [5.41, 5.74) is 2.25. The normalized spacial score (nSPS) is 18.8. The molecule has 0 bridgehead atoms. The summed E-state index contributed by atoms with van der Waals surface area (Å²) in [6.07, 6.45) is 7.87. The second-order valence-corrected chi connectivity index (χ2v) is 7.96. The van der Waals surface area contributed by atoms with E-state index in [0.717, 1.165) is 36.4 Å². The highest BCUT2D eigenvalue weighted by Gasteiger charge is 2.31. The quantitative estimate of drug-likeness (QED) is 0.254. The largest absolute Gasteiger partial charge is 0.490 e. The van der Waals surface area contributed by atoms with E-state index in [1.165, 1.54) is 12.4 Å². The lowest BCUT2D eigenvalue weighted by molar-refractivity contribution is -0.591. The van der Waals surface area contributed by atoms with Gasteiger partial charge in [-0.15, -0.1) is 6.58 Å². The summed E-state index contributed by atoms with van der Waals surface area (Å²) in [7, 11) is 0. The van der Waals surface area contributed by atoms with Gasteiger partial charge in [0.05, 0.1) is 12.2 Å². The van der Waals surface area contributed by atoms with Crippen LogP contribution in [-0.4, -0.2) is 49.6 Å². The number of ether oxygens (including phenoxy) is 1. The van der Waals surface area contributed by atoms with Gasteiger partial charge in [-0.2, -0.15) is 4.99 Å². The molecule has 0 saturated carbocycles. The highest BCUT2D eigenvalue weighted by molar-refractivity contribution is 6.04. The van der Waals surface area contributed by atoms with E-state index in [1.54, 1.807) is 19.2 Å². The van der Waals surface area contributed by atoms with E-state index in [9.17, 15) is 9.59 Å². The molecule has 1 fully saturated rings. The van der Waals surface area contributed by atoms with Gasteiger partial charge in [0.25, 0.3) is 5.91 Å². The number of nitrogens with one attached hydrogen (secondary N) is 2. The highest BCUT2D eigenvalue weighted by atomic mass is 16.5. The van der Waals surface area contributed by atoms with Crippen LogP contribution in [0.1, 0.15) is 25.8 Å². The van der Waals surface area contributed by atoms with Crippen LogP contribution in [0, 0.1) is 5.41 Å². The molecule has 3 rings (SSSR count). The summed E-state index contributed by atoms with van der Waals surface area (Å²) in [4.78, 5) is 30.9. The summed E-state index contributed by atoms with van der Waals surface area (Å²) >= 11 is 0. The first-order chi connectivity index (χ1) is 14.8. The van der Waals surface area contributed by atoms with Crippen LogP contribution in [0.15, 0.2) is 53.2 Å². The molecule has 31 heavy (non-hydrogen) atoms. The van der Waals surface area contributed by atoms with Crippen molar-refractivity contribution in [3.8, 4) is 5.75 Å². The zero-order valence-electron chi connectivity index (χ0n) is 17.9. The van der Waals surface area contributed by atoms with E-state index in [1.807, 2.05) is 30.4 Å². The molecule has 0 spiro atoms. The van der Waals surface area contributed by atoms with Crippen molar-refractivity contribution in [2.75, 3.05) is 24.6 Å². The first kappa shape index (κ1) is 22.2. The molecular weight excluding hydrogens is 394 g/mol. The molecule has 2 heterocycles. The molecule has 0 aliphatic carbocycles. The molecule has 0 aromatic heterocycles. The summed E-state index contributed by atoms with van der Waals surface area (Å²) in [5, 5.41) is 11.3. The maximum atomic E-state index is 12.6. The predicted octanol–water partition coefficient (Wildman–Crippen LogP) is 1.41. The van der Waals surface area contributed by atoms with Gasteiger partial charge in [0.1, 0.15) is 18.7 Å². The molecule has 1 saturated heterocycles. The second kappa shape index (κ2) is 9.53. The highest BCUT2D eigenvalue weighted by Crippen LogP contribution is 2.33. The molecular formula is C23H28N5O3+. The molecule has 8 heteroatoms. The third kappa shape index (κ3) is 5.35. The van der Waals surface area contributed by atoms with Gasteiger partial charge in [0, 0.05) is 30.3 Å². The maximum absolute atomic E-state index is 12.6. The number of carbonyl (C=O) groups is 2. The number of nitrogens with two attached hydrogens (primary N) is 1. The van der Waals surface area contributed by atoms with Crippen LogP contribution >= 0.6 is 0 Å². The average molecular weight is 423 g/mol. The number of hydrogen-bond donors (Lipinski definition) is 3. The Morgan fingerprint density at radius 1 is 1.45 bits per heavy atom. The molecule has 0 unspecified atom stereocenters. The number of carbonyl (C=O) groups excluding carboxylic acids is 2. The first-order valence-electron chi connectivity index (χ1n) is 10.1. The van der Waals surface area contributed by atoms with Crippen molar-refractivity contribution in [1.82, 2.24) is 5.32 Å².